The number of hydrogen-bond acceptors (Lipinski definition) is 4. The van der Waals surface area contributed by atoms with Crippen molar-refractivity contribution in [3.8, 4) is 17.6 Å². The van der Waals surface area contributed by atoms with Crippen molar-refractivity contribution in [2.45, 2.75) is 12.5 Å². The van der Waals surface area contributed by atoms with Gasteiger partial charge in [-0.15, -0.1) is 0 Å². The summed E-state index contributed by atoms with van der Waals surface area (Å²) in [5, 5.41) is 13.5. The Labute approximate surface area is 151 Å². The molecule has 0 spiro atoms. The van der Waals surface area contributed by atoms with Crippen molar-refractivity contribution in [1.29, 1.82) is 5.26 Å². The molecule has 0 saturated carbocycles. The number of nitrogens with one attached hydrogen (secondary N) is 1. The van der Waals surface area contributed by atoms with E-state index in [1.165, 1.54) is 0 Å². The average molecular weight is 365 g/mol. The number of halogens is 2. The third-order valence-electron chi connectivity index (χ3n) is 3.62. The van der Waals surface area contributed by atoms with Crippen molar-refractivity contribution >= 4 is 23.2 Å². The first-order valence-electron chi connectivity index (χ1n) is 7.38. The van der Waals surface area contributed by atoms with Crippen molar-refractivity contribution < 1.29 is 9.47 Å². The van der Waals surface area contributed by atoms with Crippen LogP contribution in [0.2, 0.25) is 10.0 Å². The van der Waals surface area contributed by atoms with Crippen LogP contribution in [0.3, 0.4) is 0 Å². The van der Waals surface area contributed by atoms with E-state index in [4.69, 9.17) is 32.7 Å². The van der Waals surface area contributed by atoms with Gasteiger partial charge in [0, 0.05) is 6.54 Å². The van der Waals surface area contributed by atoms with E-state index in [2.05, 4.69) is 11.4 Å². The minimum absolute atomic E-state index is 0.441. The third-order valence-corrected chi connectivity index (χ3v) is 4.36. The van der Waals surface area contributed by atoms with Crippen LogP contribution in [-0.4, -0.2) is 20.8 Å². The number of ether oxygens (including phenoxy) is 2. The molecule has 2 aromatic rings. The minimum atomic E-state index is -0.445. The first kappa shape index (κ1) is 18.4. The molecule has 126 valence electrons. The summed E-state index contributed by atoms with van der Waals surface area (Å²) in [5.74, 6) is 1.39. The van der Waals surface area contributed by atoms with Crippen LogP contribution >= 0.6 is 23.2 Å². The van der Waals surface area contributed by atoms with E-state index in [0.717, 1.165) is 17.5 Å². The molecular weight excluding hydrogens is 347 g/mol. The van der Waals surface area contributed by atoms with Crippen LogP contribution in [0.25, 0.3) is 0 Å². The van der Waals surface area contributed by atoms with Gasteiger partial charge in [-0.25, -0.2) is 0 Å². The second-order valence-electron chi connectivity index (χ2n) is 5.13. The summed E-state index contributed by atoms with van der Waals surface area (Å²) in [5.41, 5.74) is 1.88. The number of nitriles is 1. The van der Waals surface area contributed by atoms with E-state index in [1.54, 1.807) is 32.4 Å². The summed E-state index contributed by atoms with van der Waals surface area (Å²) in [6.45, 7) is 0.633. The Morgan fingerprint density at radius 3 is 2.42 bits per heavy atom. The molecule has 6 heteroatoms. The highest BCUT2D eigenvalue weighted by Gasteiger charge is 2.12. The number of hydrogen-bond donors (Lipinski definition) is 1. The molecule has 1 N–H and O–H groups in total. The van der Waals surface area contributed by atoms with Crippen molar-refractivity contribution in [3.05, 3.63) is 57.6 Å². The molecule has 1 unspecified atom stereocenters. The lowest BCUT2D eigenvalue weighted by Crippen LogP contribution is -2.22. The summed E-state index contributed by atoms with van der Waals surface area (Å²) in [6, 6.07) is 12.8. The normalized spacial score (nSPS) is 11.6. The predicted molar refractivity (Wildman–Crippen MR) is 96.1 cm³/mol. The molecule has 2 rings (SSSR count). The Balaban J connectivity index is 1.99. The van der Waals surface area contributed by atoms with Crippen molar-refractivity contribution in [2.24, 2.45) is 0 Å². The van der Waals surface area contributed by atoms with Crippen LogP contribution in [-0.2, 0) is 6.42 Å². The van der Waals surface area contributed by atoms with Gasteiger partial charge in [-0.05, 0) is 41.8 Å². The molecular formula is C18H18Cl2N2O2. The van der Waals surface area contributed by atoms with Crippen LogP contribution in [0.1, 0.15) is 17.2 Å². The summed E-state index contributed by atoms with van der Waals surface area (Å²) >= 11 is 11.9. The number of methoxy groups -OCH3 is 2. The molecule has 0 amide bonds. The van der Waals surface area contributed by atoms with Gasteiger partial charge in [0.1, 0.15) is 6.04 Å². The van der Waals surface area contributed by atoms with Gasteiger partial charge < -0.3 is 9.47 Å². The smallest absolute Gasteiger partial charge is 0.160 e. The van der Waals surface area contributed by atoms with E-state index < -0.39 is 6.04 Å². The Morgan fingerprint density at radius 1 is 1.04 bits per heavy atom. The summed E-state index contributed by atoms with van der Waals surface area (Å²) < 4.78 is 10.5. The van der Waals surface area contributed by atoms with Crippen LogP contribution < -0.4 is 14.8 Å². The Kier molecular flexibility index (Phi) is 6.74. The maximum Gasteiger partial charge on any atom is 0.160 e. The highest BCUT2D eigenvalue weighted by Crippen LogP contribution is 2.28. The van der Waals surface area contributed by atoms with Gasteiger partial charge in [-0.1, -0.05) is 35.3 Å². The lowest BCUT2D eigenvalue weighted by atomic mass is 10.1. The van der Waals surface area contributed by atoms with Gasteiger partial charge in [-0.2, -0.15) is 5.26 Å². The zero-order chi connectivity index (χ0) is 17.5. The lowest BCUT2D eigenvalue weighted by molar-refractivity contribution is 0.354. The second kappa shape index (κ2) is 8.79. The highest BCUT2D eigenvalue weighted by molar-refractivity contribution is 6.42. The van der Waals surface area contributed by atoms with Gasteiger partial charge in [0.2, 0.25) is 0 Å². The number of nitrogens with zero attached hydrogens (tertiary/aromatic N) is 1. The lowest BCUT2D eigenvalue weighted by Gasteiger charge is -2.13. The van der Waals surface area contributed by atoms with E-state index >= 15 is 0 Å². The van der Waals surface area contributed by atoms with Gasteiger partial charge >= 0.3 is 0 Å². The third kappa shape index (κ3) is 4.55. The van der Waals surface area contributed by atoms with Crippen LogP contribution in [0.15, 0.2) is 36.4 Å². The molecule has 0 aliphatic heterocycles. The number of benzene rings is 2. The van der Waals surface area contributed by atoms with E-state index in [1.807, 2.05) is 18.2 Å². The fraction of sp³-hybridized carbons (Fsp3) is 0.278. The topological polar surface area (TPSA) is 54.3 Å². The van der Waals surface area contributed by atoms with Gasteiger partial charge in [0.05, 0.1) is 30.3 Å². The Hall–Kier alpha value is -1.93. The summed E-state index contributed by atoms with van der Waals surface area (Å²) in [4.78, 5) is 0. The number of rotatable bonds is 7. The molecule has 4 nitrogen and oxygen atoms in total. The molecule has 0 fully saturated rings. The minimum Gasteiger partial charge on any atom is -0.493 e. The zero-order valence-electron chi connectivity index (χ0n) is 13.5. The molecule has 2 aromatic carbocycles. The van der Waals surface area contributed by atoms with E-state index in [9.17, 15) is 5.26 Å². The molecule has 0 bridgehead atoms. The molecule has 24 heavy (non-hydrogen) atoms. The van der Waals surface area contributed by atoms with Crippen LogP contribution in [0, 0.1) is 11.3 Å². The van der Waals surface area contributed by atoms with Crippen LogP contribution in [0.5, 0.6) is 11.5 Å². The van der Waals surface area contributed by atoms with Gasteiger partial charge in [0.15, 0.2) is 11.5 Å². The van der Waals surface area contributed by atoms with E-state index in [0.29, 0.717) is 28.1 Å². The van der Waals surface area contributed by atoms with Crippen molar-refractivity contribution in [1.82, 2.24) is 5.32 Å². The fourth-order valence-electron chi connectivity index (χ4n) is 2.33. The van der Waals surface area contributed by atoms with Gasteiger partial charge in [-0.3, -0.25) is 5.32 Å². The van der Waals surface area contributed by atoms with Crippen molar-refractivity contribution in [2.75, 3.05) is 20.8 Å². The van der Waals surface area contributed by atoms with Crippen LogP contribution in [0.4, 0.5) is 0 Å². The Morgan fingerprint density at radius 2 is 1.79 bits per heavy atom. The van der Waals surface area contributed by atoms with Gasteiger partial charge in [0.25, 0.3) is 0 Å². The van der Waals surface area contributed by atoms with Crippen molar-refractivity contribution in [3.63, 3.8) is 0 Å². The molecule has 0 radical (unpaired) electrons. The molecule has 0 heterocycles. The van der Waals surface area contributed by atoms with E-state index in [-0.39, 0.29) is 0 Å². The fourth-order valence-corrected chi connectivity index (χ4v) is 2.63. The zero-order valence-corrected chi connectivity index (χ0v) is 15.0. The average Bonchev–Trinajstić information content (AvgIpc) is 2.61. The maximum atomic E-state index is 9.36. The largest absolute Gasteiger partial charge is 0.493 e. The summed E-state index contributed by atoms with van der Waals surface area (Å²) in [6.07, 6.45) is 0.750. The second-order valence-corrected chi connectivity index (χ2v) is 5.94. The molecule has 0 saturated heterocycles. The monoisotopic (exact) mass is 364 g/mol. The predicted octanol–water partition coefficient (Wildman–Crippen LogP) is 4.41. The highest BCUT2D eigenvalue weighted by atomic mass is 35.5. The molecule has 0 aromatic heterocycles. The first-order chi connectivity index (χ1) is 11.6. The summed E-state index contributed by atoms with van der Waals surface area (Å²) in [7, 11) is 3.21. The SMILES string of the molecule is COc1ccc(CCNC(C#N)c2ccc(Cl)c(Cl)c2)cc1OC. The quantitative estimate of drug-likeness (QED) is 0.790. The first-order valence-corrected chi connectivity index (χ1v) is 8.13. The molecule has 1 atom stereocenters. The standard InChI is InChI=1S/C18H18Cl2N2O2/c1-23-17-6-3-12(9-18(17)24-2)7-8-22-16(11-21)13-4-5-14(19)15(20)10-13/h3-6,9-10,16,22H,7-8H2,1-2H3. The Bertz CT molecular complexity index is 744. The maximum absolute atomic E-state index is 9.36. The molecule has 0 aliphatic rings. The molecule has 0 aliphatic carbocycles.